The van der Waals surface area contributed by atoms with Crippen LogP contribution >= 0.6 is 7.60 Å². The molecule has 0 atom stereocenters. The van der Waals surface area contributed by atoms with E-state index in [1.54, 1.807) is 0 Å². The molecule has 0 heterocycles. The number of alkyl halides is 15. The minimum absolute atomic E-state index is 1.54. The highest BCUT2D eigenvalue weighted by Crippen LogP contribution is 2.72. The summed E-state index contributed by atoms with van der Waals surface area (Å²) in [6.45, 7) is 0. The number of rotatable bonds is 5. The molecule has 0 unspecified atom stereocenters. The Balaban J connectivity index is 6.34. The molecule has 0 amide bonds. The van der Waals surface area contributed by atoms with Crippen LogP contribution in [0.2, 0.25) is 0 Å². The number of hydrogen-bond donors (Lipinski definition) is 0. The second-order valence-corrected chi connectivity index (χ2v) is 5.67. The first-order valence-electron chi connectivity index (χ1n) is 4.76. The minimum atomic E-state index is -8.88. The van der Waals surface area contributed by atoms with Gasteiger partial charge in [-0.1, -0.05) is 0 Å². The maximum absolute atomic E-state index is 12.8. The summed E-state index contributed by atoms with van der Waals surface area (Å²) in [5.41, 5.74) is -7.61. The van der Waals surface area contributed by atoms with Gasteiger partial charge < -0.3 is 0 Å². The van der Waals surface area contributed by atoms with Gasteiger partial charge in [0.1, 0.15) is 0 Å². The van der Waals surface area contributed by atoms with Gasteiger partial charge in [-0.2, -0.15) is 65.9 Å². The Morgan fingerprint density at radius 3 is 0.880 bits per heavy atom. The van der Waals surface area contributed by atoms with Crippen molar-refractivity contribution in [3.63, 3.8) is 0 Å². The molecular weight excluding hydrogens is 436 g/mol. The SMILES string of the molecule is O=P(OC(F)(F)C(F)(F)F)(OC(F)(F)C(F)(F)F)C(F)(F)C(F)(F)F. The normalized spacial score (nSPS) is 16.3. The molecule has 0 aromatic rings. The summed E-state index contributed by atoms with van der Waals surface area (Å²) in [5, 5.41) is 0. The van der Waals surface area contributed by atoms with Crippen molar-refractivity contribution in [2.24, 2.45) is 0 Å². The molecule has 0 N–H and O–H groups in total. The van der Waals surface area contributed by atoms with Crippen molar-refractivity contribution in [1.82, 2.24) is 0 Å². The van der Waals surface area contributed by atoms with E-state index >= 15 is 0 Å². The third kappa shape index (κ3) is 4.64. The van der Waals surface area contributed by atoms with E-state index in [1.165, 1.54) is 9.05 Å². The molecule has 0 bridgehead atoms. The van der Waals surface area contributed by atoms with Crippen molar-refractivity contribution in [3.05, 3.63) is 0 Å². The molecule has 0 rings (SSSR count). The van der Waals surface area contributed by atoms with Crippen LogP contribution in [0.1, 0.15) is 0 Å². The predicted molar refractivity (Wildman–Crippen MR) is 42.8 cm³/mol. The number of halogens is 15. The molecule has 0 aromatic heterocycles. The lowest BCUT2D eigenvalue weighted by Crippen LogP contribution is -2.47. The molecule has 0 radical (unpaired) electrons. The second kappa shape index (κ2) is 6.07. The van der Waals surface area contributed by atoms with Crippen LogP contribution in [0.3, 0.4) is 0 Å². The van der Waals surface area contributed by atoms with Crippen LogP contribution in [0.4, 0.5) is 65.9 Å². The van der Waals surface area contributed by atoms with Crippen LogP contribution in [0.5, 0.6) is 0 Å². The summed E-state index contributed by atoms with van der Waals surface area (Å²) in [7, 11) is -8.88. The summed E-state index contributed by atoms with van der Waals surface area (Å²) in [4.78, 5) is 0. The van der Waals surface area contributed by atoms with Crippen LogP contribution in [-0.2, 0) is 13.6 Å². The predicted octanol–water partition coefficient (Wildman–Crippen LogP) is 5.68. The zero-order valence-corrected chi connectivity index (χ0v) is 11.2. The van der Waals surface area contributed by atoms with Crippen LogP contribution in [-0.4, -0.2) is 36.4 Å². The lowest BCUT2D eigenvalue weighted by molar-refractivity contribution is -0.388. The van der Waals surface area contributed by atoms with Crippen molar-refractivity contribution in [1.29, 1.82) is 0 Å². The van der Waals surface area contributed by atoms with E-state index in [-0.39, 0.29) is 0 Å². The summed E-state index contributed by atoms with van der Waals surface area (Å²) < 4.78 is 195. The fourth-order valence-electron chi connectivity index (χ4n) is 0.694. The third-order valence-electron chi connectivity index (χ3n) is 1.81. The van der Waals surface area contributed by atoms with Gasteiger partial charge in [0.15, 0.2) is 0 Å². The molecule has 3 nitrogen and oxygen atoms in total. The highest BCUT2D eigenvalue weighted by molar-refractivity contribution is 7.55. The minimum Gasteiger partial charge on any atom is -0.252 e. The topological polar surface area (TPSA) is 35.5 Å². The van der Waals surface area contributed by atoms with Crippen molar-refractivity contribution < 1.29 is 79.5 Å². The van der Waals surface area contributed by atoms with Crippen LogP contribution < -0.4 is 0 Å². The largest absolute Gasteiger partial charge is 0.483 e. The molecular formula is C6F15O3P. The Morgan fingerprint density at radius 1 is 0.480 bits per heavy atom. The molecule has 0 saturated carbocycles. The van der Waals surface area contributed by atoms with Gasteiger partial charge in [-0.15, -0.1) is 0 Å². The molecule has 0 aliphatic heterocycles. The van der Waals surface area contributed by atoms with Crippen molar-refractivity contribution in [2.45, 2.75) is 36.4 Å². The molecule has 0 fully saturated rings. The van der Waals surface area contributed by atoms with Crippen LogP contribution in [0.25, 0.3) is 0 Å². The molecule has 0 aromatic carbocycles. The average molecular weight is 436 g/mol. The molecule has 0 aliphatic carbocycles. The van der Waals surface area contributed by atoms with E-state index in [0.717, 1.165) is 0 Å². The van der Waals surface area contributed by atoms with Crippen LogP contribution in [0.15, 0.2) is 0 Å². The van der Waals surface area contributed by atoms with Crippen molar-refractivity contribution in [2.75, 3.05) is 0 Å². The molecule has 152 valence electrons. The average Bonchev–Trinajstić information content (AvgIpc) is 2.21. The van der Waals surface area contributed by atoms with E-state index in [9.17, 15) is 70.4 Å². The van der Waals surface area contributed by atoms with Gasteiger partial charge in [-0.25, -0.2) is 9.05 Å². The lowest BCUT2D eigenvalue weighted by Gasteiger charge is -2.33. The molecule has 0 aliphatic rings. The number of hydrogen-bond acceptors (Lipinski definition) is 3. The van der Waals surface area contributed by atoms with Crippen molar-refractivity contribution >= 4 is 7.60 Å². The van der Waals surface area contributed by atoms with E-state index < -0.39 is 44.0 Å². The van der Waals surface area contributed by atoms with E-state index in [4.69, 9.17) is 0 Å². The molecule has 0 saturated heterocycles. The highest BCUT2D eigenvalue weighted by Gasteiger charge is 2.80. The monoisotopic (exact) mass is 436 g/mol. The summed E-state index contributed by atoms with van der Waals surface area (Å²) in [6.07, 6.45) is -36.5. The second-order valence-electron chi connectivity index (χ2n) is 3.75. The lowest BCUT2D eigenvalue weighted by atomic mass is 10.6. The van der Waals surface area contributed by atoms with Crippen molar-refractivity contribution in [3.8, 4) is 0 Å². The summed E-state index contributed by atoms with van der Waals surface area (Å²) in [6, 6.07) is 0. The van der Waals surface area contributed by atoms with E-state index in [2.05, 4.69) is 0 Å². The molecule has 0 spiro atoms. The van der Waals surface area contributed by atoms with Gasteiger partial charge in [0.2, 0.25) is 0 Å². The van der Waals surface area contributed by atoms with Gasteiger partial charge in [0, 0.05) is 0 Å². The fourth-order valence-corrected chi connectivity index (χ4v) is 2.08. The van der Waals surface area contributed by atoms with Gasteiger partial charge in [0.25, 0.3) is 0 Å². The summed E-state index contributed by atoms with van der Waals surface area (Å²) in [5.74, 6) is 0. The van der Waals surface area contributed by atoms with Gasteiger partial charge in [-0.05, 0) is 0 Å². The van der Waals surface area contributed by atoms with Gasteiger partial charge in [0.05, 0.1) is 0 Å². The Bertz CT molecular complexity index is 495. The van der Waals surface area contributed by atoms with Crippen LogP contribution in [0, 0.1) is 0 Å². The molecule has 19 heteroatoms. The smallest absolute Gasteiger partial charge is 0.252 e. The zero-order chi connectivity index (χ0) is 20.9. The maximum Gasteiger partial charge on any atom is 0.483 e. The van der Waals surface area contributed by atoms with Gasteiger partial charge >= 0.3 is 44.0 Å². The first-order chi connectivity index (χ1) is 10.4. The quantitative estimate of drug-likeness (QED) is 0.411. The Kier molecular flexibility index (Phi) is 5.85. The Hall–Kier alpha value is -0.900. The Labute approximate surface area is 125 Å². The summed E-state index contributed by atoms with van der Waals surface area (Å²) >= 11 is 0. The highest BCUT2D eigenvalue weighted by atomic mass is 31.2. The molecule has 25 heavy (non-hydrogen) atoms. The van der Waals surface area contributed by atoms with E-state index in [0.29, 0.717) is 0 Å². The maximum atomic E-state index is 12.8. The fraction of sp³-hybridized carbons (Fsp3) is 1.00. The first kappa shape index (κ1) is 24.1. The van der Waals surface area contributed by atoms with E-state index in [1.807, 2.05) is 0 Å². The zero-order valence-electron chi connectivity index (χ0n) is 10.3. The Morgan fingerprint density at radius 2 is 0.720 bits per heavy atom. The first-order valence-corrected chi connectivity index (χ1v) is 6.31. The van der Waals surface area contributed by atoms with Gasteiger partial charge in [-0.3, -0.25) is 4.57 Å². The standard InChI is InChI=1S/C6F15O3P/c7-1(8,9)4(16,17)23-25(22,6(20,21)3(13,14)15)24-5(18,19)2(10,11)12. The third-order valence-corrected chi connectivity index (χ3v) is 3.70.